The minimum absolute atomic E-state index is 0.172. The lowest BCUT2D eigenvalue weighted by atomic mass is 9.97. The third-order valence-corrected chi connectivity index (χ3v) is 7.62. The summed E-state index contributed by atoms with van der Waals surface area (Å²) < 4.78 is 8.68. The fraction of sp³-hybridized carbons (Fsp3) is 0.286. The number of para-hydroxylation sites is 1. The summed E-state index contributed by atoms with van der Waals surface area (Å²) in [6, 6.07) is 15.5. The van der Waals surface area contributed by atoms with Gasteiger partial charge in [-0.3, -0.25) is 9.47 Å². The number of fused-ring (bicyclic) bond motifs is 1. The van der Waals surface area contributed by atoms with Gasteiger partial charge in [-0.15, -0.1) is 0 Å². The highest BCUT2D eigenvalue weighted by atomic mass is 35.5. The van der Waals surface area contributed by atoms with Gasteiger partial charge in [0, 0.05) is 62.9 Å². The Morgan fingerprint density at radius 3 is 2.59 bits per heavy atom. The van der Waals surface area contributed by atoms with E-state index in [9.17, 15) is 9.90 Å². The Morgan fingerprint density at radius 1 is 1.03 bits per heavy atom. The molecule has 4 heterocycles. The van der Waals surface area contributed by atoms with Crippen LogP contribution in [-0.4, -0.2) is 69.6 Å². The third kappa shape index (κ3) is 4.41. The van der Waals surface area contributed by atoms with Crippen LogP contribution >= 0.6 is 11.6 Å². The van der Waals surface area contributed by atoms with E-state index in [1.165, 1.54) is 9.13 Å². The van der Waals surface area contributed by atoms with Crippen molar-refractivity contribution in [2.24, 2.45) is 7.05 Å². The number of nitrogens with zero attached hydrogens (tertiary/aromatic N) is 5. The Balaban J connectivity index is 1.30. The van der Waals surface area contributed by atoms with Crippen LogP contribution in [0.4, 0.5) is 5.82 Å². The third-order valence-electron chi connectivity index (χ3n) is 7.32. The van der Waals surface area contributed by atoms with Crippen LogP contribution in [0.15, 0.2) is 71.9 Å². The minimum Gasteiger partial charge on any atom is -0.507 e. The lowest BCUT2D eigenvalue weighted by molar-refractivity contribution is -0.0117. The topological polar surface area (TPSA) is 75.8 Å². The van der Waals surface area contributed by atoms with E-state index in [0.717, 1.165) is 61.9 Å². The lowest BCUT2D eigenvalue weighted by Crippen LogP contribution is -2.58. The fourth-order valence-corrected chi connectivity index (χ4v) is 5.51. The zero-order valence-corrected chi connectivity index (χ0v) is 21.3. The Kier molecular flexibility index (Phi) is 6.24. The van der Waals surface area contributed by atoms with E-state index in [-0.39, 0.29) is 11.4 Å². The van der Waals surface area contributed by atoms with Gasteiger partial charge in [-0.1, -0.05) is 35.9 Å². The number of hydrogen-bond acceptors (Lipinski definition) is 6. The van der Waals surface area contributed by atoms with Gasteiger partial charge in [0.15, 0.2) is 0 Å². The number of piperazine rings is 1. The first-order valence-corrected chi connectivity index (χ1v) is 12.8. The molecule has 2 aromatic carbocycles. The smallest absolute Gasteiger partial charge is 0.332 e. The van der Waals surface area contributed by atoms with Crippen molar-refractivity contribution in [2.75, 3.05) is 44.3 Å². The summed E-state index contributed by atoms with van der Waals surface area (Å²) in [5.41, 5.74) is 3.46. The van der Waals surface area contributed by atoms with Crippen molar-refractivity contribution in [3.05, 3.63) is 82.6 Å². The molecule has 1 N–H and O–H groups in total. The summed E-state index contributed by atoms with van der Waals surface area (Å²) in [4.78, 5) is 21.8. The number of aryl methyl sites for hydroxylation is 1. The first-order valence-electron chi connectivity index (χ1n) is 12.4. The second-order valence-corrected chi connectivity index (χ2v) is 9.95. The van der Waals surface area contributed by atoms with Crippen LogP contribution in [0, 0.1) is 0 Å². The number of morpholine rings is 1. The molecular weight excluding hydrogens is 490 g/mol. The van der Waals surface area contributed by atoms with Crippen molar-refractivity contribution in [3.63, 3.8) is 0 Å². The maximum absolute atomic E-state index is 12.4. The molecule has 2 saturated heterocycles. The van der Waals surface area contributed by atoms with Crippen molar-refractivity contribution in [3.8, 4) is 33.7 Å². The number of pyridine rings is 1. The monoisotopic (exact) mass is 517 g/mol. The van der Waals surface area contributed by atoms with Crippen LogP contribution in [0.1, 0.15) is 0 Å². The van der Waals surface area contributed by atoms with Crippen molar-refractivity contribution >= 4 is 17.4 Å². The molecule has 0 bridgehead atoms. The number of anilines is 1. The highest BCUT2D eigenvalue weighted by Crippen LogP contribution is 2.40. The molecule has 0 saturated carbocycles. The SMILES string of the molecule is Cn1ccn(-c2ccc(-c3cccc(-c4ccnc(N5CCN6CCOCC6C5)c4)c3O)cc2Cl)c1=O. The standard InChI is InChI=1S/C28H28ClN5O3/c1-31-9-12-34(28(31)36)25-6-5-19(15-24(25)29)22-3-2-4-23(27(22)35)20-7-8-30-26(16-20)33-11-10-32-13-14-37-18-21(32)17-33/h2-9,12,15-16,21,35H,10-11,13-14,17-18H2,1H3. The fourth-order valence-electron chi connectivity index (χ4n) is 5.24. The molecule has 190 valence electrons. The Morgan fingerprint density at radius 2 is 1.84 bits per heavy atom. The van der Waals surface area contributed by atoms with Gasteiger partial charge in [0.1, 0.15) is 11.6 Å². The predicted molar refractivity (Wildman–Crippen MR) is 145 cm³/mol. The van der Waals surface area contributed by atoms with Crippen molar-refractivity contribution in [1.29, 1.82) is 0 Å². The van der Waals surface area contributed by atoms with Gasteiger partial charge in [-0.2, -0.15) is 0 Å². The van der Waals surface area contributed by atoms with Crippen LogP contribution in [0.2, 0.25) is 5.02 Å². The average molecular weight is 518 g/mol. The summed E-state index contributed by atoms with van der Waals surface area (Å²) in [5.74, 6) is 1.07. The van der Waals surface area contributed by atoms with Crippen molar-refractivity contribution in [2.45, 2.75) is 6.04 Å². The number of halogens is 1. The number of phenolic OH excluding ortho intramolecular Hbond substituents is 1. The molecule has 37 heavy (non-hydrogen) atoms. The van der Waals surface area contributed by atoms with Crippen LogP contribution in [0.5, 0.6) is 5.75 Å². The van der Waals surface area contributed by atoms with E-state index in [0.29, 0.717) is 22.3 Å². The van der Waals surface area contributed by atoms with E-state index in [1.807, 2.05) is 36.4 Å². The highest BCUT2D eigenvalue weighted by molar-refractivity contribution is 6.32. The molecule has 1 atom stereocenters. The highest BCUT2D eigenvalue weighted by Gasteiger charge is 2.30. The van der Waals surface area contributed by atoms with E-state index < -0.39 is 0 Å². The van der Waals surface area contributed by atoms with E-state index in [1.54, 1.807) is 37.8 Å². The molecule has 2 aromatic heterocycles. The van der Waals surface area contributed by atoms with Crippen molar-refractivity contribution < 1.29 is 9.84 Å². The van der Waals surface area contributed by atoms with E-state index in [4.69, 9.17) is 16.3 Å². The zero-order valence-electron chi connectivity index (χ0n) is 20.5. The maximum atomic E-state index is 12.4. The second kappa shape index (κ2) is 9.70. The number of imidazole rings is 1. The average Bonchev–Trinajstić information content (AvgIpc) is 3.26. The molecule has 6 rings (SSSR count). The van der Waals surface area contributed by atoms with Crippen molar-refractivity contribution in [1.82, 2.24) is 19.0 Å². The first kappa shape index (κ1) is 23.8. The molecule has 2 aliphatic heterocycles. The lowest BCUT2D eigenvalue weighted by Gasteiger charge is -2.44. The number of hydrogen-bond donors (Lipinski definition) is 1. The van der Waals surface area contributed by atoms with Gasteiger partial charge in [0.2, 0.25) is 0 Å². The maximum Gasteiger partial charge on any atom is 0.332 e. The summed E-state index contributed by atoms with van der Waals surface area (Å²) in [6.07, 6.45) is 5.17. The normalized spacial score (nSPS) is 18.1. The van der Waals surface area contributed by atoms with Gasteiger partial charge < -0.3 is 19.3 Å². The first-order chi connectivity index (χ1) is 18.0. The van der Waals surface area contributed by atoms with E-state index in [2.05, 4.69) is 14.8 Å². The number of phenols is 1. The molecule has 0 spiro atoms. The van der Waals surface area contributed by atoms with Crippen LogP contribution in [0.25, 0.3) is 27.9 Å². The predicted octanol–water partition coefficient (Wildman–Crippen LogP) is 3.78. The summed E-state index contributed by atoms with van der Waals surface area (Å²) >= 11 is 6.58. The minimum atomic E-state index is -0.176. The summed E-state index contributed by atoms with van der Waals surface area (Å²) in [6.45, 7) is 5.32. The Hall–Kier alpha value is -3.59. The Labute approximate surface area is 219 Å². The molecule has 0 amide bonds. The molecule has 2 aliphatic rings. The molecule has 8 nitrogen and oxygen atoms in total. The number of rotatable bonds is 4. The van der Waals surface area contributed by atoms with Gasteiger partial charge in [-0.05, 0) is 35.4 Å². The van der Waals surface area contributed by atoms with Crippen LogP contribution < -0.4 is 10.6 Å². The van der Waals surface area contributed by atoms with Crippen LogP contribution in [-0.2, 0) is 11.8 Å². The van der Waals surface area contributed by atoms with Gasteiger partial charge in [-0.25, -0.2) is 9.78 Å². The molecule has 2 fully saturated rings. The molecule has 0 aliphatic carbocycles. The van der Waals surface area contributed by atoms with Crippen LogP contribution in [0.3, 0.4) is 0 Å². The molecule has 1 unspecified atom stereocenters. The molecule has 4 aromatic rings. The molecule has 9 heteroatoms. The van der Waals surface area contributed by atoms with Gasteiger partial charge in [0.05, 0.1) is 30.0 Å². The number of aromatic nitrogens is 3. The number of ether oxygens (including phenoxy) is 1. The quantitative estimate of drug-likeness (QED) is 0.444. The zero-order chi connectivity index (χ0) is 25.5. The van der Waals surface area contributed by atoms with Gasteiger partial charge in [0.25, 0.3) is 0 Å². The largest absolute Gasteiger partial charge is 0.507 e. The number of aromatic hydroxyl groups is 1. The second-order valence-electron chi connectivity index (χ2n) is 9.54. The summed E-state index contributed by atoms with van der Waals surface area (Å²) in [5, 5.41) is 11.7. The summed E-state index contributed by atoms with van der Waals surface area (Å²) in [7, 11) is 1.69. The van der Waals surface area contributed by atoms with Gasteiger partial charge >= 0.3 is 5.69 Å². The molecule has 0 radical (unpaired) electrons. The number of benzene rings is 2. The van der Waals surface area contributed by atoms with E-state index >= 15 is 0 Å². The Bertz CT molecular complexity index is 1510. The molecular formula is C28H28ClN5O3.